The van der Waals surface area contributed by atoms with Crippen LogP contribution in [0.3, 0.4) is 0 Å². The molecule has 3 rings (SSSR count). The van der Waals surface area contributed by atoms with Crippen LogP contribution in [0.15, 0.2) is 36.1 Å². The van der Waals surface area contributed by atoms with Crippen LogP contribution in [0, 0.1) is 16.0 Å². The number of nitro groups is 1. The summed E-state index contributed by atoms with van der Waals surface area (Å²) in [5, 5.41) is 11.6. The van der Waals surface area contributed by atoms with Crippen LogP contribution in [0.1, 0.15) is 18.4 Å². The fraction of sp³-hybridized carbons (Fsp3) is 0.333. The Bertz CT molecular complexity index is 683. The first-order valence-electron chi connectivity index (χ1n) is 6.67. The van der Waals surface area contributed by atoms with Crippen molar-refractivity contribution in [2.75, 3.05) is 7.11 Å². The lowest BCUT2D eigenvalue weighted by Crippen LogP contribution is -2.53. The van der Waals surface area contributed by atoms with Crippen LogP contribution < -0.4 is 5.73 Å². The first kappa shape index (κ1) is 14.1. The van der Waals surface area contributed by atoms with Gasteiger partial charge in [-0.15, -0.1) is 0 Å². The zero-order valence-corrected chi connectivity index (χ0v) is 12.3. The van der Waals surface area contributed by atoms with Crippen molar-refractivity contribution in [3.05, 3.63) is 56.8 Å². The third-order valence-electron chi connectivity index (χ3n) is 4.27. The highest BCUT2D eigenvalue weighted by molar-refractivity contribution is 6.33. The summed E-state index contributed by atoms with van der Waals surface area (Å²) in [6.45, 7) is 0. The van der Waals surface area contributed by atoms with Crippen molar-refractivity contribution >= 4 is 22.9 Å². The minimum atomic E-state index is -0.737. The largest absolute Gasteiger partial charge is 0.501 e. The molecule has 6 heteroatoms. The maximum Gasteiger partial charge on any atom is 0.278 e. The van der Waals surface area contributed by atoms with E-state index in [1.165, 1.54) is 6.07 Å². The van der Waals surface area contributed by atoms with Crippen LogP contribution in [0.5, 0.6) is 0 Å². The molecule has 2 N–H and O–H groups in total. The summed E-state index contributed by atoms with van der Waals surface area (Å²) in [5.41, 5.74) is 6.85. The summed E-state index contributed by atoms with van der Waals surface area (Å²) < 4.78 is 5.29. The van der Waals surface area contributed by atoms with E-state index in [9.17, 15) is 10.1 Å². The minimum absolute atomic E-state index is 0.0186. The number of rotatable bonds is 3. The number of fused-ring (bicyclic) bond motifs is 1. The van der Waals surface area contributed by atoms with Crippen molar-refractivity contribution in [1.82, 2.24) is 0 Å². The van der Waals surface area contributed by atoms with Crippen molar-refractivity contribution in [3.63, 3.8) is 0 Å². The second-order valence-corrected chi connectivity index (χ2v) is 5.77. The quantitative estimate of drug-likeness (QED) is 0.686. The van der Waals surface area contributed by atoms with Gasteiger partial charge < -0.3 is 10.5 Å². The van der Waals surface area contributed by atoms with Crippen LogP contribution in [0.25, 0.3) is 5.57 Å². The van der Waals surface area contributed by atoms with Gasteiger partial charge in [0.05, 0.1) is 33.9 Å². The second-order valence-electron chi connectivity index (χ2n) is 5.36. The SMILES string of the molecule is COC1=CC2(N)C(c3c(Cl)cccc3[N+](=O)[O-])=CC2CC1. The summed E-state index contributed by atoms with van der Waals surface area (Å²) in [6.07, 6.45) is 5.55. The lowest BCUT2D eigenvalue weighted by molar-refractivity contribution is -0.385. The highest BCUT2D eigenvalue weighted by Gasteiger charge is 2.48. The highest BCUT2D eigenvalue weighted by atomic mass is 35.5. The lowest BCUT2D eigenvalue weighted by Gasteiger charge is -2.47. The zero-order chi connectivity index (χ0) is 15.2. The molecule has 0 saturated carbocycles. The molecule has 0 fully saturated rings. The molecule has 21 heavy (non-hydrogen) atoms. The number of hydrogen-bond acceptors (Lipinski definition) is 4. The third-order valence-corrected chi connectivity index (χ3v) is 4.58. The monoisotopic (exact) mass is 306 g/mol. The van der Waals surface area contributed by atoms with Crippen LogP contribution in [-0.4, -0.2) is 17.6 Å². The van der Waals surface area contributed by atoms with E-state index < -0.39 is 10.5 Å². The Labute approximate surface area is 127 Å². The van der Waals surface area contributed by atoms with Gasteiger partial charge in [-0.05, 0) is 24.1 Å². The van der Waals surface area contributed by atoms with Gasteiger partial charge in [0.25, 0.3) is 5.69 Å². The number of nitro benzene ring substituents is 1. The van der Waals surface area contributed by atoms with Gasteiger partial charge in [0.2, 0.25) is 0 Å². The second kappa shape index (κ2) is 4.86. The van der Waals surface area contributed by atoms with E-state index in [1.807, 2.05) is 12.2 Å². The number of ether oxygens (including phenoxy) is 1. The van der Waals surface area contributed by atoms with Crippen LogP contribution in [-0.2, 0) is 4.74 Å². The average Bonchev–Trinajstić information content (AvgIpc) is 2.44. The molecule has 2 atom stereocenters. The molecule has 5 nitrogen and oxygen atoms in total. The minimum Gasteiger partial charge on any atom is -0.501 e. The van der Waals surface area contributed by atoms with E-state index in [-0.39, 0.29) is 11.6 Å². The summed E-state index contributed by atoms with van der Waals surface area (Å²) in [6, 6.07) is 4.66. The molecular weight excluding hydrogens is 292 g/mol. The Balaban J connectivity index is 2.12. The maximum atomic E-state index is 11.2. The van der Waals surface area contributed by atoms with Crippen molar-refractivity contribution in [1.29, 1.82) is 0 Å². The zero-order valence-electron chi connectivity index (χ0n) is 11.5. The Kier molecular flexibility index (Phi) is 3.26. The summed E-state index contributed by atoms with van der Waals surface area (Å²) in [4.78, 5) is 10.8. The predicted octanol–water partition coefficient (Wildman–Crippen LogP) is 3.28. The Morgan fingerprint density at radius 3 is 2.95 bits per heavy atom. The van der Waals surface area contributed by atoms with Crippen molar-refractivity contribution < 1.29 is 9.66 Å². The Hall–Kier alpha value is -1.85. The third kappa shape index (κ3) is 2.04. The van der Waals surface area contributed by atoms with Gasteiger partial charge in [-0.2, -0.15) is 0 Å². The number of methoxy groups -OCH3 is 1. The number of hydrogen-bond donors (Lipinski definition) is 1. The molecule has 1 aromatic carbocycles. The van der Waals surface area contributed by atoms with Gasteiger partial charge in [-0.3, -0.25) is 10.1 Å². The Morgan fingerprint density at radius 1 is 1.52 bits per heavy atom. The molecule has 0 amide bonds. The fourth-order valence-corrected chi connectivity index (χ4v) is 3.39. The van der Waals surface area contributed by atoms with Gasteiger partial charge in [0.15, 0.2) is 0 Å². The van der Waals surface area contributed by atoms with Crippen LogP contribution in [0.4, 0.5) is 5.69 Å². The summed E-state index contributed by atoms with van der Waals surface area (Å²) in [5.74, 6) is 0.983. The molecule has 0 bridgehead atoms. The molecule has 2 aliphatic carbocycles. The molecule has 0 saturated heterocycles. The topological polar surface area (TPSA) is 78.4 Å². The normalized spacial score (nSPS) is 27.1. The number of allylic oxidation sites excluding steroid dienone is 1. The van der Waals surface area contributed by atoms with Gasteiger partial charge in [0.1, 0.15) is 0 Å². The van der Waals surface area contributed by atoms with Gasteiger partial charge in [-0.25, -0.2) is 0 Å². The van der Waals surface area contributed by atoms with E-state index in [0.29, 0.717) is 16.2 Å². The standard InChI is InChI=1S/C15H15ClN2O3/c1-21-10-6-5-9-7-11(15(9,17)8-10)14-12(16)3-2-4-13(14)18(19)20/h2-4,7-9H,5-6,17H2,1H3. The molecule has 0 spiro atoms. The number of nitrogens with two attached hydrogens (primary N) is 1. The van der Waals surface area contributed by atoms with Gasteiger partial charge in [-0.1, -0.05) is 23.7 Å². The average molecular weight is 307 g/mol. The van der Waals surface area contributed by atoms with E-state index in [4.69, 9.17) is 22.1 Å². The molecule has 0 aliphatic heterocycles. The molecule has 0 radical (unpaired) electrons. The predicted molar refractivity (Wildman–Crippen MR) is 80.8 cm³/mol. The van der Waals surface area contributed by atoms with Crippen LogP contribution >= 0.6 is 11.6 Å². The smallest absolute Gasteiger partial charge is 0.278 e. The molecule has 2 unspecified atom stereocenters. The molecule has 110 valence electrons. The number of nitrogens with zero attached hydrogens (tertiary/aromatic N) is 1. The molecular formula is C15H15ClN2O3. The van der Waals surface area contributed by atoms with E-state index in [0.717, 1.165) is 18.6 Å². The van der Waals surface area contributed by atoms with Gasteiger partial charge in [0, 0.05) is 18.4 Å². The molecule has 0 aromatic heterocycles. The van der Waals surface area contributed by atoms with Gasteiger partial charge >= 0.3 is 0 Å². The van der Waals surface area contributed by atoms with E-state index >= 15 is 0 Å². The first-order chi connectivity index (χ1) is 9.97. The highest BCUT2D eigenvalue weighted by Crippen LogP contribution is 2.52. The van der Waals surface area contributed by atoms with E-state index in [2.05, 4.69) is 0 Å². The fourth-order valence-electron chi connectivity index (χ4n) is 3.12. The van der Waals surface area contributed by atoms with Crippen LogP contribution in [0.2, 0.25) is 5.02 Å². The first-order valence-corrected chi connectivity index (χ1v) is 7.05. The van der Waals surface area contributed by atoms with Crippen molar-refractivity contribution in [2.24, 2.45) is 11.7 Å². The van der Waals surface area contributed by atoms with Crippen molar-refractivity contribution in [3.8, 4) is 0 Å². The summed E-state index contributed by atoms with van der Waals surface area (Å²) >= 11 is 6.19. The van der Waals surface area contributed by atoms with E-state index in [1.54, 1.807) is 19.2 Å². The van der Waals surface area contributed by atoms with Crippen molar-refractivity contribution in [2.45, 2.75) is 18.4 Å². The number of halogens is 1. The summed E-state index contributed by atoms with van der Waals surface area (Å²) in [7, 11) is 1.61. The Morgan fingerprint density at radius 2 is 2.29 bits per heavy atom. The maximum absolute atomic E-state index is 11.2. The lowest BCUT2D eigenvalue weighted by atomic mass is 9.61. The molecule has 2 aliphatic rings. The molecule has 1 aromatic rings. The molecule has 0 heterocycles. The number of benzene rings is 1.